The molecule has 2 fully saturated rings. The Morgan fingerprint density at radius 1 is 1.46 bits per heavy atom. The molecule has 2 rings (SSSR count). The third-order valence-electron chi connectivity index (χ3n) is 3.62. The zero-order chi connectivity index (χ0) is 9.42. The highest BCUT2D eigenvalue weighted by molar-refractivity contribution is 4.92. The molecule has 3 heteroatoms. The molecule has 1 N–H and O–H groups in total. The highest BCUT2D eigenvalue weighted by Crippen LogP contribution is 2.44. The van der Waals surface area contributed by atoms with Crippen LogP contribution in [0.4, 0.5) is 0 Å². The maximum Gasteiger partial charge on any atom is 0.160 e. The standard InChI is InChI=1S/C10H18O3/c1-6-8(11)5-7-3-4-13-10(12-2)9(6)7/h6-11H,3-5H2,1-2H3/t6-,7-,8-,9+,10+/m0/s1. The van der Waals surface area contributed by atoms with Crippen molar-refractivity contribution in [2.75, 3.05) is 13.7 Å². The van der Waals surface area contributed by atoms with Gasteiger partial charge in [0.25, 0.3) is 0 Å². The van der Waals surface area contributed by atoms with Crippen molar-refractivity contribution in [2.24, 2.45) is 17.8 Å². The molecule has 1 saturated carbocycles. The molecule has 1 aliphatic heterocycles. The van der Waals surface area contributed by atoms with Crippen LogP contribution in [0.2, 0.25) is 0 Å². The number of fused-ring (bicyclic) bond motifs is 1. The van der Waals surface area contributed by atoms with Gasteiger partial charge in [0.1, 0.15) is 0 Å². The molecule has 3 nitrogen and oxygen atoms in total. The molecular formula is C10H18O3. The Bertz CT molecular complexity index is 177. The van der Waals surface area contributed by atoms with E-state index in [4.69, 9.17) is 9.47 Å². The molecule has 1 heterocycles. The van der Waals surface area contributed by atoms with Crippen LogP contribution in [0.25, 0.3) is 0 Å². The van der Waals surface area contributed by atoms with Crippen LogP contribution < -0.4 is 0 Å². The molecule has 0 spiro atoms. The fourth-order valence-electron chi connectivity index (χ4n) is 2.82. The van der Waals surface area contributed by atoms with Crippen molar-refractivity contribution in [1.82, 2.24) is 0 Å². The number of hydrogen-bond donors (Lipinski definition) is 1. The number of aliphatic hydroxyl groups excluding tert-OH is 1. The Morgan fingerprint density at radius 3 is 2.92 bits per heavy atom. The van der Waals surface area contributed by atoms with E-state index in [0.29, 0.717) is 17.8 Å². The molecule has 0 bridgehead atoms. The van der Waals surface area contributed by atoms with Gasteiger partial charge < -0.3 is 14.6 Å². The predicted molar refractivity (Wildman–Crippen MR) is 48.1 cm³/mol. The van der Waals surface area contributed by atoms with Gasteiger partial charge in [0.05, 0.1) is 12.7 Å². The molecule has 0 aromatic carbocycles. The minimum Gasteiger partial charge on any atom is -0.393 e. The third kappa shape index (κ3) is 1.49. The molecule has 0 radical (unpaired) electrons. The van der Waals surface area contributed by atoms with Gasteiger partial charge in [0.2, 0.25) is 0 Å². The normalized spacial score (nSPS) is 50.5. The van der Waals surface area contributed by atoms with Crippen molar-refractivity contribution in [3.8, 4) is 0 Å². The lowest BCUT2D eigenvalue weighted by molar-refractivity contribution is -0.197. The van der Waals surface area contributed by atoms with Crippen LogP contribution in [-0.2, 0) is 9.47 Å². The second kappa shape index (κ2) is 3.56. The van der Waals surface area contributed by atoms with Crippen molar-refractivity contribution in [1.29, 1.82) is 0 Å². The highest BCUT2D eigenvalue weighted by atomic mass is 16.7. The molecule has 1 saturated heterocycles. The lowest BCUT2D eigenvalue weighted by Gasteiger charge is -2.34. The minimum atomic E-state index is -0.158. The van der Waals surface area contributed by atoms with Crippen molar-refractivity contribution < 1.29 is 14.6 Å². The van der Waals surface area contributed by atoms with E-state index in [1.807, 2.05) is 0 Å². The molecular weight excluding hydrogens is 168 g/mol. The van der Waals surface area contributed by atoms with Gasteiger partial charge in [-0.3, -0.25) is 0 Å². The van der Waals surface area contributed by atoms with Crippen LogP contribution in [0.1, 0.15) is 19.8 Å². The van der Waals surface area contributed by atoms with E-state index >= 15 is 0 Å². The predicted octanol–water partition coefficient (Wildman–Crippen LogP) is 1.01. The third-order valence-corrected chi connectivity index (χ3v) is 3.62. The van der Waals surface area contributed by atoms with Gasteiger partial charge in [-0.2, -0.15) is 0 Å². The first-order valence-electron chi connectivity index (χ1n) is 5.06. The summed E-state index contributed by atoms with van der Waals surface area (Å²) in [5, 5.41) is 9.73. The number of aliphatic hydroxyl groups is 1. The van der Waals surface area contributed by atoms with Crippen LogP contribution in [-0.4, -0.2) is 31.2 Å². The smallest absolute Gasteiger partial charge is 0.160 e. The van der Waals surface area contributed by atoms with Gasteiger partial charge in [-0.25, -0.2) is 0 Å². The topological polar surface area (TPSA) is 38.7 Å². The van der Waals surface area contributed by atoms with Crippen molar-refractivity contribution in [3.63, 3.8) is 0 Å². The van der Waals surface area contributed by atoms with Crippen LogP contribution >= 0.6 is 0 Å². The first-order valence-corrected chi connectivity index (χ1v) is 5.06. The second-order valence-corrected chi connectivity index (χ2v) is 4.26. The molecule has 13 heavy (non-hydrogen) atoms. The van der Waals surface area contributed by atoms with E-state index in [2.05, 4.69) is 6.92 Å². The summed E-state index contributed by atoms with van der Waals surface area (Å²) in [5.74, 6) is 1.31. The fourth-order valence-corrected chi connectivity index (χ4v) is 2.82. The van der Waals surface area contributed by atoms with Crippen LogP contribution in [0.5, 0.6) is 0 Å². The van der Waals surface area contributed by atoms with Crippen molar-refractivity contribution in [2.45, 2.75) is 32.2 Å². The average Bonchev–Trinajstić information content (AvgIpc) is 2.43. The van der Waals surface area contributed by atoms with Gasteiger partial charge in [0.15, 0.2) is 6.29 Å². The first-order chi connectivity index (χ1) is 6.24. The summed E-state index contributed by atoms with van der Waals surface area (Å²) in [4.78, 5) is 0. The molecule has 0 aromatic rings. The van der Waals surface area contributed by atoms with Gasteiger partial charge in [0, 0.05) is 13.0 Å². The molecule has 2 aliphatic rings. The van der Waals surface area contributed by atoms with E-state index in [-0.39, 0.29) is 12.4 Å². The lowest BCUT2D eigenvalue weighted by atomic mass is 9.86. The van der Waals surface area contributed by atoms with E-state index in [9.17, 15) is 5.11 Å². The zero-order valence-corrected chi connectivity index (χ0v) is 8.27. The van der Waals surface area contributed by atoms with Gasteiger partial charge >= 0.3 is 0 Å². The highest BCUT2D eigenvalue weighted by Gasteiger charge is 2.46. The van der Waals surface area contributed by atoms with Gasteiger partial charge in [-0.15, -0.1) is 0 Å². The zero-order valence-electron chi connectivity index (χ0n) is 8.27. The number of ether oxygens (including phenoxy) is 2. The van der Waals surface area contributed by atoms with Crippen LogP contribution in [0.3, 0.4) is 0 Å². The average molecular weight is 186 g/mol. The van der Waals surface area contributed by atoms with E-state index in [1.165, 1.54) is 0 Å². The summed E-state index contributed by atoms with van der Waals surface area (Å²) < 4.78 is 10.8. The Kier molecular flexibility index (Phi) is 2.58. The summed E-state index contributed by atoms with van der Waals surface area (Å²) in [6, 6.07) is 0. The Labute approximate surface area is 79.0 Å². The maximum absolute atomic E-state index is 9.73. The first kappa shape index (κ1) is 9.44. The largest absolute Gasteiger partial charge is 0.393 e. The molecule has 1 aliphatic carbocycles. The van der Waals surface area contributed by atoms with Crippen molar-refractivity contribution in [3.05, 3.63) is 0 Å². The van der Waals surface area contributed by atoms with Gasteiger partial charge in [-0.1, -0.05) is 6.92 Å². The summed E-state index contributed by atoms with van der Waals surface area (Å²) in [6.45, 7) is 2.87. The molecule has 76 valence electrons. The SMILES string of the molecule is CO[C@@H]1OCC[C@H]2C[C@H](O)[C@H](C)[C@H]21. The van der Waals surface area contributed by atoms with Crippen LogP contribution in [0.15, 0.2) is 0 Å². The van der Waals surface area contributed by atoms with E-state index in [0.717, 1.165) is 19.4 Å². The summed E-state index contributed by atoms with van der Waals surface area (Å²) in [7, 11) is 1.68. The monoisotopic (exact) mass is 186 g/mol. The molecule has 5 atom stereocenters. The number of rotatable bonds is 1. The lowest BCUT2D eigenvalue weighted by Crippen LogP contribution is -2.37. The van der Waals surface area contributed by atoms with Crippen molar-refractivity contribution >= 4 is 0 Å². The number of methoxy groups -OCH3 is 1. The van der Waals surface area contributed by atoms with E-state index in [1.54, 1.807) is 7.11 Å². The summed E-state index contributed by atoms with van der Waals surface area (Å²) in [6.07, 6.45) is 1.75. The fraction of sp³-hybridized carbons (Fsp3) is 1.00. The Hall–Kier alpha value is -0.120. The minimum absolute atomic E-state index is 0.0918. The second-order valence-electron chi connectivity index (χ2n) is 4.26. The maximum atomic E-state index is 9.73. The Morgan fingerprint density at radius 2 is 2.23 bits per heavy atom. The quantitative estimate of drug-likeness (QED) is 0.664. The summed E-state index contributed by atoms with van der Waals surface area (Å²) in [5.41, 5.74) is 0. The van der Waals surface area contributed by atoms with E-state index < -0.39 is 0 Å². The number of hydrogen-bond acceptors (Lipinski definition) is 3. The van der Waals surface area contributed by atoms with Crippen LogP contribution in [0, 0.1) is 17.8 Å². The Balaban J connectivity index is 2.11. The summed E-state index contributed by atoms with van der Waals surface area (Å²) >= 11 is 0. The molecule has 0 unspecified atom stereocenters. The molecule has 0 amide bonds. The molecule has 0 aromatic heterocycles. The van der Waals surface area contributed by atoms with Gasteiger partial charge in [-0.05, 0) is 24.7 Å².